The van der Waals surface area contributed by atoms with Gasteiger partial charge in [0.15, 0.2) is 18.4 Å². The number of anilines is 2. The Kier molecular flexibility index (Phi) is 7.21. The van der Waals surface area contributed by atoms with E-state index in [4.69, 9.17) is 9.40 Å². The minimum absolute atomic E-state index is 0.117. The summed E-state index contributed by atoms with van der Waals surface area (Å²) in [5.41, 5.74) is 5.17. The first kappa shape index (κ1) is 25.9. The van der Waals surface area contributed by atoms with Crippen LogP contribution in [-0.4, -0.2) is 42.6 Å². The Labute approximate surface area is 236 Å². The molecule has 0 aliphatic rings. The number of aliphatic hydroxyl groups is 1. The lowest BCUT2D eigenvalue weighted by molar-refractivity contribution is 0.0993. The van der Waals surface area contributed by atoms with Crippen LogP contribution in [-0.2, 0) is 13.0 Å². The van der Waals surface area contributed by atoms with Crippen molar-refractivity contribution in [2.75, 3.05) is 17.3 Å². The largest absolute Gasteiger partial charge is 0.443 e. The van der Waals surface area contributed by atoms with E-state index in [1.807, 2.05) is 59.3 Å². The first-order valence-corrected chi connectivity index (χ1v) is 13.1. The minimum atomic E-state index is -1.10. The number of fused-ring (bicyclic) bond motifs is 1. The lowest BCUT2D eigenvalue weighted by Crippen LogP contribution is -2.26. The van der Waals surface area contributed by atoms with E-state index >= 15 is 0 Å². The quantitative estimate of drug-likeness (QED) is 0.241. The average Bonchev–Trinajstić information content (AvgIpc) is 3.68. The van der Waals surface area contributed by atoms with Crippen LogP contribution < -0.4 is 10.2 Å². The zero-order chi connectivity index (χ0) is 28.2. The van der Waals surface area contributed by atoms with Gasteiger partial charge in [-0.3, -0.25) is 14.8 Å². The number of hydrogen-bond acceptors (Lipinski definition) is 8. The molecule has 0 bridgehead atoms. The number of nitrogens with one attached hydrogen (secondary N) is 1. The lowest BCUT2D eigenvalue weighted by Gasteiger charge is -2.18. The number of oxazole rings is 1. The fourth-order valence-electron chi connectivity index (χ4n) is 4.65. The van der Waals surface area contributed by atoms with Gasteiger partial charge < -0.3 is 24.3 Å². The molecule has 41 heavy (non-hydrogen) atoms. The molecule has 204 valence electrons. The molecule has 2 N–H and O–H groups in total. The second-order valence-electron chi connectivity index (χ2n) is 9.52. The van der Waals surface area contributed by atoms with E-state index in [1.165, 1.54) is 6.39 Å². The van der Waals surface area contributed by atoms with Crippen LogP contribution in [0.1, 0.15) is 27.7 Å². The molecule has 1 amide bonds. The lowest BCUT2D eigenvalue weighted by atomic mass is 10.1. The van der Waals surface area contributed by atoms with Crippen LogP contribution in [0.2, 0.25) is 0 Å². The van der Waals surface area contributed by atoms with Gasteiger partial charge in [-0.1, -0.05) is 24.3 Å². The summed E-state index contributed by atoms with van der Waals surface area (Å²) >= 11 is 0. The van der Waals surface area contributed by atoms with Crippen LogP contribution in [0.5, 0.6) is 0 Å². The number of hydrogen-bond donors (Lipinski definition) is 2. The summed E-state index contributed by atoms with van der Waals surface area (Å²) in [6, 6.07) is 20.6. The van der Waals surface area contributed by atoms with Gasteiger partial charge in [0.05, 0.1) is 17.2 Å². The highest BCUT2D eigenvalue weighted by atomic mass is 16.3. The van der Waals surface area contributed by atoms with Gasteiger partial charge in [0.1, 0.15) is 0 Å². The Balaban J connectivity index is 1.32. The number of amides is 1. The van der Waals surface area contributed by atoms with Crippen molar-refractivity contribution in [3.63, 3.8) is 0 Å². The molecule has 10 nitrogen and oxygen atoms in total. The number of aromatic nitrogens is 5. The number of imidazole rings is 1. The smallest absolute Gasteiger partial charge is 0.258 e. The van der Waals surface area contributed by atoms with E-state index in [-0.39, 0.29) is 5.91 Å². The predicted molar refractivity (Wildman–Crippen MR) is 155 cm³/mol. The number of carbonyl (C=O) groups is 1. The maximum atomic E-state index is 13.1. The molecule has 6 aromatic rings. The van der Waals surface area contributed by atoms with E-state index in [0.717, 1.165) is 11.1 Å². The van der Waals surface area contributed by atoms with Crippen molar-refractivity contribution in [1.82, 2.24) is 24.5 Å². The number of benzene rings is 2. The first-order valence-electron chi connectivity index (χ1n) is 13.1. The van der Waals surface area contributed by atoms with Gasteiger partial charge in [0.2, 0.25) is 5.95 Å². The van der Waals surface area contributed by atoms with Crippen molar-refractivity contribution in [2.24, 2.45) is 0 Å². The SMILES string of the molecule is CN(C(=O)c1ccccc1)c1ccc2c(c1)nc(NC(O)c1cncc(-c3cnco3)c1)n2CCc1cccnc1. The van der Waals surface area contributed by atoms with Crippen LogP contribution in [0.25, 0.3) is 22.4 Å². The summed E-state index contributed by atoms with van der Waals surface area (Å²) in [6.07, 6.45) is 9.37. The summed E-state index contributed by atoms with van der Waals surface area (Å²) in [5.74, 6) is 0.918. The second-order valence-corrected chi connectivity index (χ2v) is 9.52. The third-order valence-corrected chi connectivity index (χ3v) is 6.85. The molecule has 4 heterocycles. The normalized spacial score (nSPS) is 11.9. The van der Waals surface area contributed by atoms with Gasteiger partial charge in [-0.05, 0) is 54.4 Å². The van der Waals surface area contributed by atoms with Gasteiger partial charge in [-0.2, -0.15) is 0 Å². The van der Waals surface area contributed by atoms with Crippen LogP contribution in [0.3, 0.4) is 0 Å². The molecule has 1 atom stereocenters. The predicted octanol–water partition coefficient (Wildman–Crippen LogP) is 5.10. The van der Waals surface area contributed by atoms with Crippen LogP contribution in [0.15, 0.2) is 109 Å². The second kappa shape index (κ2) is 11.4. The number of aryl methyl sites for hydroxylation is 2. The summed E-state index contributed by atoms with van der Waals surface area (Å²) in [7, 11) is 1.74. The first-order chi connectivity index (χ1) is 20.1. The molecule has 0 radical (unpaired) electrons. The standard InChI is InChI=1S/C31H27N7O3/c1-37(30(40)22-7-3-2-4-8-22)25-9-10-27-26(15-25)35-31(38(27)13-11-21-6-5-12-32-16-21)36-29(39)24-14-23(17-33-18-24)28-19-34-20-41-28/h2-10,12,14-20,29,39H,11,13H2,1H3,(H,35,36). The number of rotatable bonds is 9. The van der Waals surface area contributed by atoms with Crippen molar-refractivity contribution in [3.8, 4) is 11.3 Å². The van der Waals surface area contributed by atoms with Gasteiger partial charge in [-0.15, -0.1) is 0 Å². The summed E-state index contributed by atoms with van der Waals surface area (Å²) in [4.78, 5) is 31.9. The van der Waals surface area contributed by atoms with Crippen molar-refractivity contribution in [2.45, 2.75) is 19.2 Å². The Hall–Kier alpha value is -5.35. The molecular formula is C31H27N7O3. The number of nitrogens with zero attached hydrogens (tertiary/aromatic N) is 6. The Bertz CT molecular complexity index is 1770. The summed E-state index contributed by atoms with van der Waals surface area (Å²) in [5, 5.41) is 14.3. The molecular weight excluding hydrogens is 518 g/mol. The van der Waals surface area contributed by atoms with Crippen molar-refractivity contribution < 1.29 is 14.3 Å². The molecule has 0 aliphatic heterocycles. The third kappa shape index (κ3) is 5.54. The molecule has 6 rings (SSSR count). The summed E-state index contributed by atoms with van der Waals surface area (Å²) < 4.78 is 7.39. The van der Waals surface area contributed by atoms with E-state index in [0.29, 0.717) is 52.6 Å². The fraction of sp³-hybridized carbons (Fsp3) is 0.129. The average molecular weight is 546 g/mol. The molecule has 0 saturated carbocycles. The Morgan fingerprint density at radius 1 is 1.00 bits per heavy atom. The molecule has 0 spiro atoms. The topological polar surface area (TPSA) is 122 Å². The number of aliphatic hydroxyl groups excluding tert-OH is 1. The van der Waals surface area contributed by atoms with E-state index in [1.54, 1.807) is 54.9 Å². The number of carbonyl (C=O) groups excluding carboxylic acids is 1. The Morgan fingerprint density at radius 3 is 2.66 bits per heavy atom. The van der Waals surface area contributed by atoms with Crippen molar-refractivity contribution in [1.29, 1.82) is 0 Å². The zero-order valence-corrected chi connectivity index (χ0v) is 22.3. The van der Waals surface area contributed by atoms with Crippen LogP contribution >= 0.6 is 0 Å². The van der Waals surface area contributed by atoms with Crippen LogP contribution in [0, 0.1) is 0 Å². The van der Waals surface area contributed by atoms with E-state index in [9.17, 15) is 9.90 Å². The van der Waals surface area contributed by atoms with Crippen molar-refractivity contribution >= 4 is 28.6 Å². The molecule has 2 aromatic carbocycles. The van der Waals surface area contributed by atoms with E-state index < -0.39 is 6.23 Å². The van der Waals surface area contributed by atoms with E-state index in [2.05, 4.69) is 20.3 Å². The maximum absolute atomic E-state index is 13.1. The Morgan fingerprint density at radius 2 is 1.88 bits per heavy atom. The minimum Gasteiger partial charge on any atom is -0.443 e. The fourth-order valence-corrected chi connectivity index (χ4v) is 4.65. The zero-order valence-electron chi connectivity index (χ0n) is 22.3. The van der Waals surface area contributed by atoms with Gasteiger partial charge in [-0.25, -0.2) is 9.97 Å². The molecule has 10 heteroatoms. The molecule has 1 unspecified atom stereocenters. The molecule has 4 aromatic heterocycles. The van der Waals surface area contributed by atoms with Crippen LogP contribution in [0.4, 0.5) is 11.6 Å². The maximum Gasteiger partial charge on any atom is 0.258 e. The highest BCUT2D eigenvalue weighted by Gasteiger charge is 2.19. The highest BCUT2D eigenvalue weighted by molar-refractivity contribution is 6.06. The monoisotopic (exact) mass is 545 g/mol. The van der Waals surface area contributed by atoms with Gasteiger partial charge in [0.25, 0.3) is 5.91 Å². The molecule has 0 saturated heterocycles. The van der Waals surface area contributed by atoms with Gasteiger partial charge >= 0.3 is 0 Å². The highest BCUT2D eigenvalue weighted by Crippen LogP contribution is 2.28. The summed E-state index contributed by atoms with van der Waals surface area (Å²) in [6.45, 7) is 0.589. The molecule has 0 aliphatic carbocycles. The number of pyridine rings is 2. The molecule has 0 fully saturated rings. The van der Waals surface area contributed by atoms with Crippen molar-refractivity contribution in [3.05, 3.63) is 121 Å². The van der Waals surface area contributed by atoms with Gasteiger partial charge in [0, 0.05) is 60.8 Å². The third-order valence-electron chi connectivity index (χ3n) is 6.85.